The number of likely N-dealkylation sites (tertiary alicyclic amines) is 1. The number of anilines is 1. The van der Waals surface area contributed by atoms with Crippen LogP contribution in [0.1, 0.15) is 27.2 Å². The Morgan fingerprint density at radius 2 is 2.03 bits per heavy atom. The molecule has 3 aromatic heterocycles. The average molecular weight is 471 g/mol. The quantitative estimate of drug-likeness (QED) is 0.567. The zero-order chi connectivity index (χ0) is 21.0. The lowest BCUT2D eigenvalue weighted by Gasteiger charge is -2.35. The van der Waals surface area contributed by atoms with Gasteiger partial charge < -0.3 is 14.5 Å². The highest BCUT2D eigenvalue weighted by atomic mass is 79.9. The minimum absolute atomic E-state index is 0.154. The fourth-order valence-corrected chi connectivity index (χ4v) is 4.78. The number of ether oxygens (including phenoxy) is 1. The van der Waals surface area contributed by atoms with Gasteiger partial charge >= 0.3 is 6.09 Å². The number of piperazine rings is 1. The first-order valence-corrected chi connectivity index (χ1v) is 10.8. The molecule has 0 aromatic carbocycles. The molecule has 5 heterocycles. The van der Waals surface area contributed by atoms with Crippen molar-refractivity contribution in [1.82, 2.24) is 24.6 Å². The van der Waals surface area contributed by atoms with Crippen LogP contribution in [0.2, 0.25) is 0 Å². The van der Waals surface area contributed by atoms with Crippen LogP contribution in [0.5, 0.6) is 0 Å². The highest BCUT2D eigenvalue weighted by molar-refractivity contribution is 9.10. The lowest BCUT2D eigenvalue weighted by Crippen LogP contribution is -2.50. The number of fused-ring (bicyclic) bond motifs is 3. The lowest BCUT2D eigenvalue weighted by molar-refractivity contribution is 0.0214. The number of aromatic nitrogens is 4. The van der Waals surface area contributed by atoms with E-state index in [4.69, 9.17) is 4.74 Å². The summed E-state index contributed by atoms with van der Waals surface area (Å²) in [6, 6.07) is 6.35. The van der Waals surface area contributed by atoms with Crippen LogP contribution in [0.3, 0.4) is 0 Å². The first-order chi connectivity index (χ1) is 14.3. The van der Waals surface area contributed by atoms with E-state index in [1.165, 1.54) is 0 Å². The zero-order valence-corrected chi connectivity index (χ0v) is 18.7. The van der Waals surface area contributed by atoms with Crippen LogP contribution in [-0.2, 0) is 4.74 Å². The Morgan fingerprint density at radius 3 is 2.77 bits per heavy atom. The summed E-state index contributed by atoms with van der Waals surface area (Å²) in [7, 11) is 0. The van der Waals surface area contributed by atoms with Crippen LogP contribution in [0.25, 0.3) is 16.6 Å². The monoisotopic (exact) mass is 470 g/mol. The van der Waals surface area contributed by atoms with Gasteiger partial charge in [-0.3, -0.25) is 4.98 Å². The number of nitrogens with zero attached hydrogens (tertiary/aromatic N) is 6. The molecule has 156 valence electrons. The van der Waals surface area contributed by atoms with Gasteiger partial charge in [0.05, 0.1) is 28.7 Å². The predicted molar refractivity (Wildman–Crippen MR) is 117 cm³/mol. The number of amides is 1. The zero-order valence-electron chi connectivity index (χ0n) is 17.1. The highest BCUT2D eigenvalue weighted by Crippen LogP contribution is 2.35. The summed E-state index contributed by atoms with van der Waals surface area (Å²) in [5.74, 6) is 0.901. The number of halogens is 1. The van der Waals surface area contributed by atoms with E-state index in [2.05, 4.69) is 42.0 Å². The minimum Gasteiger partial charge on any atom is -0.444 e. The second-order valence-corrected chi connectivity index (χ2v) is 9.55. The first-order valence-electron chi connectivity index (χ1n) is 10.0. The van der Waals surface area contributed by atoms with Gasteiger partial charge in [0.2, 0.25) is 0 Å². The van der Waals surface area contributed by atoms with E-state index in [0.29, 0.717) is 6.54 Å². The summed E-state index contributed by atoms with van der Waals surface area (Å²) >= 11 is 3.52. The molecule has 5 rings (SSSR count). The van der Waals surface area contributed by atoms with Crippen LogP contribution >= 0.6 is 15.9 Å². The maximum Gasteiger partial charge on any atom is 0.410 e. The van der Waals surface area contributed by atoms with E-state index in [1.54, 1.807) is 12.4 Å². The van der Waals surface area contributed by atoms with Crippen molar-refractivity contribution in [3.8, 4) is 5.69 Å². The maximum atomic E-state index is 12.5. The predicted octanol–water partition coefficient (Wildman–Crippen LogP) is 3.78. The fraction of sp³-hybridized carbons (Fsp3) is 0.429. The summed E-state index contributed by atoms with van der Waals surface area (Å²) in [6.45, 7) is 7.11. The molecular formula is C21H23BrN6O2. The van der Waals surface area contributed by atoms with Gasteiger partial charge in [0.15, 0.2) is 0 Å². The van der Waals surface area contributed by atoms with Crippen LogP contribution in [0.4, 0.5) is 10.6 Å². The molecule has 2 aliphatic heterocycles. The molecule has 3 aromatic rings. The van der Waals surface area contributed by atoms with Crippen LogP contribution < -0.4 is 4.90 Å². The number of pyridine rings is 2. The van der Waals surface area contributed by atoms with Crippen molar-refractivity contribution in [2.45, 2.75) is 44.9 Å². The van der Waals surface area contributed by atoms with E-state index in [9.17, 15) is 4.79 Å². The van der Waals surface area contributed by atoms with E-state index in [1.807, 2.05) is 48.7 Å². The van der Waals surface area contributed by atoms with Crippen molar-refractivity contribution >= 4 is 38.7 Å². The molecule has 2 saturated heterocycles. The molecule has 2 fully saturated rings. The van der Waals surface area contributed by atoms with Gasteiger partial charge in [-0.15, -0.1) is 0 Å². The minimum atomic E-state index is -0.481. The summed E-state index contributed by atoms with van der Waals surface area (Å²) in [5, 5.41) is 5.58. The molecule has 9 heteroatoms. The largest absolute Gasteiger partial charge is 0.444 e. The van der Waals surface area contributed by atoms with Crippen LogP contribution in [-0.4, -0.2) is 61.5 Å². The van der Waals surface area contributed by atoms with Gasteiger partial charge in [0.1, 0.15) is 16.0 Å². The summed E-state index contributed by atoms with van der Waals surface area (Å²) in [5.41, 5.74) is 1.44. The molecule has 2 atom stereocenters. The normalized spacial score (nSPS) is 20.9. The lowest BCUT2D eigenvalue weighted by atomic mass is 10.2. The van der Waals surface area contributed by atoms with Crippen molar-refractivity contribution in [1.29, 1.82) is 0 Å². The Kier molecular flexibility index (Phi) is 4.46. The number of rotatable bonds is 2. The van der Waals surface area contributed by atoms with Crippen molar-refractivity contribution in [3.05, 3.63) is 41.4 Å². The second-order valence-electron chi connectivity index (χ2n) is 8.80. The third kappa shape index (κ3) is 3.30. The number of hydrogen-bond acceptors (Lipinski definition) is 6. The van der Waals surface area contributed by atoms with Gasteiger partial charge in [-0.25, -0.2) is 14.5 Å². The summed E-state index contributed by atoms with van der Waals surface area (Å²) in [6.07, 6.45) is 6.09. The molecule has 2 bridgehead atoms. The molecule has 0 N–H and O–H groups in total. The molecule has 30 heavy (non-hydrogen) atoms. The van der Waals surface area contributed by atoms with Gasteiger partial charge in [0, 0.05) is 37.7 Å². The maximum absolute atomic E-state index is 12.5. The van der Waals surface area contributed by atoms with E-state index in [0.717, 1.165) is 40.0 Å². The molecular weight excluding hydrogens is 448 g/mol. The third-order valence-electron chi connectivity index (χ3n) is 5.57. The number of carbonyl (C=O) groups excluding carboxylic acids is 1. The number of hydrogen-bond donors (Lipinski definition) is 0. The van der Waals surface area contributed by atoms with Crippen molar-refractivity contribution < 1.29 is 9.53 Å². The molecule has 0 aliphatic carbocycles. The summed E-state index contributed by atoms with van der Waals surface area (Å²) in [4.78, 5) is 25.5. The first kappa shape index (κ1) is 19.3. The van der Waals surface area contributed by atoms with Crippen LogP contribution in [0.15, 0.2) is 41.4 Å². The SMILES string of the molecule is CC(C)(C)OC(=O)N1C[C@@H]2C[C@H]1CN2c1cc(-n2nc(Br)c3cnccc32)ccn1. The fourth-order valence-electron chi connectivity index (χ4n) is 4.31. The average Bonchev–Trinajstić information content (AvgIpc) is 3.40. The third-order valence-corrected chi connectivity index (χ3v) is 6.16. The highest BCUT2D eigenvalue weighted by Gasteiger charge is 2.47. The van der Waals surface area contributed by atoms with E-state index >= 15 is 0 Å². The van der Waals surface area contributed by atoms with E-state index < -0.39 is 5.60 Å². The van der Waals surface area contributed by atoms with Crippen molar-refractivity contribution in [3.63, 3.8) is 0 Å². The van der Waals surface area contributed by atoms with E-state index in [-0.39, 0.29) is 18.2 Å². The van der Waals surface area contributed by atoms with Crippen molar-refractivity contribution in [2.75, 3.05) is 18.0 Å². The van der Waals surface area contributed by atoms with Gasteiger partial charge in [-0.1, -0.05) is 0 Å². The molecule has 2 aliphatic rings. The molecule has 0 unspecified atom stereocenters. The van der Waals surface area contributed by atoms with Crippen molar-refractivity contribution in [2.24, 2.45) is 0 Å². The Hall–Kier alpha value is -2.68. The molecule has 8 nitrogen and oxygen atoms in total. The molecule has 0 radical (unpaired) electrons. The smallest absolute Gasteiger partial charge is 0.410 e. The van der Waals surface area contributed by atoms with Gasteiger partial charge in [-0.2, -0.15) is 5.10 Å². The Morgan fingerprint density at radius 1 is 1.20 bits per heavy atom. The Labute approximate surface area is 183 Å². The Bertz CT molecular complexity index is 1120. The van der Waals surface area contributed by atoms with Crippen LogP contribution in [0, 0.1) is 0 Å². The Balaban J connectivity index is 1.38. The molecule has 1 amide bonds. The number of carbonyl (C=O) groups is 1. The molecule has 0 saturated carbocycles. The molecule has 0 spiro atoms. The van der Waals surface area contributed by atoms with Gasteiger partial charge in [0.25, 0.3) is 0 Å². The topological polar surface area (TPSA) is 76.4 Å². The standard InChI is InChI=1S/C21H23BrN6O2/c1-21(2,3)30-20(29)27-12-14-8-15(27)11-26(14)18-9-13(4-7-24-18)28-17-5-6-23-10-16(17)19(22)25-28/h4-7,9-10,14-15H,8,11-12H2,1-3H3/t14-,15-/m0/s1. The summed E-state index contributed by atoms with van der Waals surface area (Å²) < 4.78 is 8.22. The van der Waals surface area contributed by atoms with Gasteiger partial charge in [-0.05, 0) is 55.3 Å². The second kappa shape index (κ2) is 6.94.